The van der Waals surface area contributed by atoms with Gasteiger partial charge in [0.2, 0.25) is 0 Å². The van der Waals surface area contributed by atoms with Gasteiger partial charge in [-0.2, -0.15) is 5.10 Å². The van der Waals surface area contributed by atoms with E-state index >= 15 is 0 Å². The predicted octanol–water partition coefficient (Wildman–Crippen LogP) is 0.361. The molecule has 2 N–H and O–H groups in total. The van der Waals surface area contributed by atoms with E-state index in [-0.39, 0.29) is 10.6 Å². The fourth-order valence-electron chi connectivity index (χ4n) is 2.36. The molecule has 1 aliphatic heterocycles. The largest absolute Gasteiger partial charge is 0.301 e. The van der Waals surface area contributed by atoms with Crippen molar-refractivity contribution in [2.45, 2.75) is 37.3 Å². The summed E-state index contributed by atoms with van der Waals surface area (Å²) in [6.07, 6.45) is 4.14. The molecule has 0 unspecified atom stereocenters. The zero-order valence-corrected chi connectivity index (χ0v) is 11.7. The van der Waals surface area contributed by atoms with Crippen molar-refractivity contribution in [2.75, 3.05) is 19.6 Å². The number of sulfonamides is 1. The highest BCUT2D eigenvalue weighted by molar-refractivity contribution is 7.89. The molecule has 0 aromatic carbocycles. The van der Waals surface area contributed by atoms with Crippen molar-refractivity contribution in [3.63, 3.8) is 0 Å². The Bertz CT molecular complexity index is 515. The number of primary sulfonamides is 1. The van der Waals surface area contributed by atoms with E-state index in [1.54, 1.807) is 10.9 Å². The number of hydrogen-bond acceptors (Lipinski definition) is 4. The lowest BCUT2D eigenvalue weighted by Crippen LogP contribution is -2.40. The smallest absolute Gasteiger partial charge is 0.257 e. The average molecular weight is 272 g/mol. The molecule has 1 fully saturated rings. The van der Waals surface area contributed by atoms with Crippen LogP contribution >= 0.6 is 0 Å². The van der Waals surface area contributed by atoms with Gasteiger partial charge in [-0.3, -0.25) is 4.68 Å². The number of aromatic nitrogens is 2. The number of nitrogens with two attached hydrogens (primary N) is 1. The summed E-state index contributed by atoms with van der Waals surface area (Å²) in [7, 11) is -3.72. The van der Waals surface area contributed by atoms with Gasteiger partial charge in [-0.05, 0) is 45.8 Å². The summed E-state index contributed by atoms with van der Waals surface area (Å²) in [5.74, 6) is 0. The summed E-state index contributed by atoms with van der Waals surface area (Å²) < 4.78 is 24.1. The van der Waals surface area contributed by atoms with Crippen molar-refractivity contribution >= 4 is 10.0 Å². The van der Waals surface area contributed by atoms with Gasteiger partial charge >= 0.3 is 0 Å². The fourth-order valence-corrected chi connectivity index (χ4v) is 2.81. The molecule has 0 bridgehead atoms. The van der Waals surface area contributed by atoms with Crippen LogP contribution in [0.4, 0.5) is 0 Å². The van der Waals surface area contributed by atoms with Crippen molar-refractivity contribution in [1.29, 1.82) is 0 Å². The third-order valence-electron chi connectivity index (χ3n) is 3.29. The highest BCUT2D eigenvalue weighted by atomic mass is 32.2. The van der Waals surface area contributed by atoms with E-state index in [2.05, 4.69) is 10.00 Å². The first-order valence-corrected chi connectivity index (χ1v) is 7.65. The lowest BCUT2D eigenvalue weighted by Gasteiger charge is -2.30. The van der Waals surface area contributed by atoms with Crippen LogP contribution in [0.1, 0.15) is 26.7 Å². The van der Waals surface area contributed by atoms with E-state index in [0.717, 1.165) is 19.6 Å². The molecule has 0 aliphatic carbocycles. The predicted molar refractivity (Wildman–Crippen MR) is 68.6 cm³/mol. The van der Waals surface area contributed by atoms with E-state index in [0.29, 0.717) is 0 Å². The van der Waals surface area contributed by atoms with Gasteiger partial charge in [-0.15, -0.1) is 0 Å². The summed E-state index contributed by atoms with van der Waals surface area (Å²) in [6, 6.07) is 1.45. The molecular formula is C11H20N4O2S. The minimum Gasteiger partial charge on any atom is -0.301 e. The summed E-state index contributed by atoms with van der Waals surface area (Å²) in [5.41, 5.74) is -0.243. The fraction of sp³-hybridized carbons (Fsp3) is 0.727. The molecule has 6 nitrogen and oxygen atoms in total. The molecule has 0 saturated carbocycles. The van der Waals surface area contributed by atoms with Gasteiger partial charge in [-0.1, -0.05) is 0 Å². The summed E-state index contributed by atoms with van der Waals surface area (Å²) in [5, 5.41) is 9.06. The van der Waals surface area contributed by atoms with Crippen LogP contribution in [0.2, 0.25) is 0 Å². The van der Waals surface area contributed by atoms with E-state index in [1.807, 2.05) is 13.8 Å². The molecule has 102 valence electrons. The molecule has 0 spiro atoms. The molecule has 0 radical (unpaired) electrons. The normalized spacial score (nSPS) is 18.4. The zero-order chi connectivity index (χ0) is 13.4. The van der Waals surface area contributed by atoms with Gasteiger partial charge in [0.1, 0.15) is 0 Å². The van der Waals surface area contributed by atoms with E-state index in [4.69, 9.17) is 5.14 Å². The Labute approximate surface area is 108 Å². The van der Waals surface area contributed by atoms with Crippen LogP contribution in [0.5, 0.6) is 0 Å². The highest BCUT2D eigenvalue weighted by Crippen LogP contribution is 2.20. The van der Waals surface area contributed by atoms with E-state index in [9.17, 15) is 8.42 Å². The third-order valence-corrected chi connectivity index (χ3v) is 4.09. The lowest BCUT2D eigenvalue weighted by atomic mass is 10.1. The summed E-state index contributed by atoms with van der Waals surface area (Å²) in [4.78, 5) is 2.37. The van der Waals surface area contributed by atoms with Crippen LogP contribution in [0, 0.1) is 0 Å². The molecule has 1 saturated heterocycles. The molecule has 2 heterocycles. The maximum absolute atomic E-state index is 11.2. The van der Waals surface area contributed by atoms with Crippen molar-refractivity contribution in [1.82, 2.24) is 14.7 Å². The van der Waals surface area contributed by atoms with Gasteiger partial charge < -0.3 is 4.90 Å². The SMILES string of the molecule is CC(C)(CN1CCCC1)n1ccc(S(N)(=O)=O)n1. The lowest BCUT2D eigenvalue weighted by molar-refractivity contribution is 0.195. The van der Waals surface area contributed by atoms with Crippen molar-refractivity contribution < 1.29 is 8.42 Å². The number of hydrogen-bond donors (Lipinski definition) is 1. The van der Waals surface area contributed by atoms with Gasteiger partial charge in [0, 0.05) is 12.7 Å². The van der Waals surface area contributed by atoms with Crippen LogP contribution in [0.25, 0.3) is 0 Å². The van der Waals surface area contributed by atoms with Crippen LogP contribution in [0.15, 0.2) is 17.3 Å². The second kappa shape index (κ2) is 4.64. The minimum atomic E-state index is -3.72. The molecule has 18 heavy (non-hydrogen) atoms. The molecular weight excluding hydrogens is 252 g/mol. The van der Waals surface area contributed by atoms with Crippen molar-refractivity contribution in [3.05, 3.63) is 12.3 Å². The van der Waals surface area contributed by atoms with Gasteiger partial charge in [0.05, 0.1) is 5.54 Å². The van der Waals surface area contributed by atoms with Crippen LogP contribution in [-0.2, 0) is 15.6 Å². The first-order valence-electron chi connectivity index (χ1n) is 6.10. The molecule has 0 atom stereocenters. The Morgan fingerprint density at radius 3 is 2.50 bits per heavy atom. The van der Waals surface area contributed by atoms with Crippen LogP contribution in [0.3, 0.4) is 0 Å². The Balaban J connectivity index is 2.16. The van der Waals surface area contributed by atoms with E-state index < -0.39 is 10.0 Å². The Morgan fingerprint density at radius 1 is 1.39 bits per heavy atom. The van der Waals surface area contributed by atoms with Crippen molar-refractivity contribution in [3.8, 4) is 0 Å². The maximum atomic E-state index is 11.2. The first-order chi connectivity index (χ1) is 8.29. The second-order valence-electron chi connectivity index (χ2n) is 5.44. The second-order valence-corrected chi connectivity index (χ2v) is 6.95. The molecule has 1 aromatic heterocycles. The topological polar surface area (TPSA) is 81.2 Å². The van der Waals surface area contributed by atoms with Gasteiger partial charge in [0.15, 0.2) is 5.03 Å². The maximum Gasteiger partial charge on any atom is 0.257 e. The number of likely N-dealkylation sites (tertiary alicyclic amines) is 1. The highest BCUT2D eigenvalue weighted by Gasteiger charge is 2.27. The standard InChI is InChI=1S/C11H20N4O2S/c1-11(2,9-14-6-3-4-7-14)15-8-5-10(13-15)18(12,16)17/h5,8H,3-4,6-7,9H2,1-2H3,(H2,12,16,17). The molecule has 0 amide bonds. The monoisotopic (exact) mass is 272 g/mol. The Morgan fingerprint density at radius 2 is 2.00 bits per heavy atom. The Hall–Kier alpha value is -0.920. The van der Waals surface area contributed by atoms with Crippen LogP contribution in [-0.4, -0.2) is 42.7 Å². The van der Waals surface area contributed by atoms with Crippen molar-refractivity contribution in [2.24, 2.45) is 5.14 Å². The van der Waals surface area contributed by atoms with Crippen LogP contribution < -0.4 is 5.14 Å². The minimum absolute atomic E-state index is 0.0722. The average Bonchev–Trinajstić information content (AvgIpc) is 2.83. The molecule has 1 aromatic rings. The zero-order valence-electron chi connectivity index (χ0n) is 10.8. The van der Waals surface area contributed by atoms with Gasteiger partial charge in [-0.25, -0.2) is 13.6 Å². The molecule has 7 heteroatoms. The van der Waals surface area contributed by atoms with E-state index in [1.165, 1.54) is 18.9 Å². The Kier molecular flexibility index (Phi) is 3.48. The number of rotatable bonds is 4. The molecule has 1 aliphatic rings. The first kappa shape index (κ1) is 13.5. The number of nitrogens with zero attached hydrogens (tertiary/aromatic N) is 3. The molecule has 2 rings (SSSR count). The summed E-state index contributed by atoms with van der Waals surface area (Å²) in [6.45, 7) is 7.16. The third kappa shape index (κ3) is 2.90. The quantitative estimate of drug-likeness (QED) is 0.858. The summed E-state index contributed by atoms with van der Waals surface area (Å²) >= 11 is 0. The van der Waals surface area contributed by atoms with Gasteiger partial charge in [0.25, 0.3) is 10.0 Å².